The Morgan fingerprint density at radius 2 is 1.87 bits per heavy atom. The highest BCUT2D eigenvalue weighted by Gasteiger charge is 2.35. The second-order valence-corrected chi connectivity index (χ2v) is 9.58. The molecule has 1 fully saturated rings. The second kappa shape index (κ2) is 9.34. The van der Waals surface area contributed by atoms with Crippen LogP contribution in [0.5, 0.6) is 0 Å². The number of aryl methyl sites for hydroxylation is 1. The number of carbonyl (C=O) groups is 2. The number of thiophene rings is 1. The van der Waals surface area contributed by atoms with Crippen LogP contribution in [0.2, 0.25) is 0 Å². The van der Waals surface area contributed by atoms with Crippen LogP contribution in [0.1, 0.15) is 66.6 Å². The fourth-order valence-corrected chi connectivity index (χ4v) is 5.93. The van der Waals surface area contributed by atoms with Crippen molar-refractivity contribution < 1.29 is 9.59 Å². The average Bonchev–Trinajstić information content (AvgIpc) is 3.26. The number of hydrogen-bond donors (Lipinski definition) is 0. The van der Waals surface area contributed by atoms with E-state index < -0.39 is 0 Å². The monoisotopic (exact) mass is 424 g/mol. The standard InChI is InChI=1S/C25H32N2O2S/c1-3-26(25(29)19-10-5-4-6-11-19)17-23(28)27-15-13-22-21(14-16-30-22)24(27)20-12-8-7-9-18(20)2/h7-9,12,14,16,19,24H,3-6,10-11,13,15,17H2,1-2H3/t24-/m0/s1. The minimum Gasteiger partial charge on any atom is -0.333 e. The van der Waals surface area contributed by atoms with Gasteiger partial charge in [-0.25, -0.2) is 0 Å². The molecule has 0 N–H and O–H groups in total. The molecule has 0 unspecified atom stereocenters. The van der Waals surface area contributed by atoms with Gasteiger partial charge in [-0.2, -0.15) is 0 Å². The molecule has 2 aliphatic rings. The van der Waals surface area contributed by atoms with E-state index in [2.05, 4.69) is 36.6 Å². The van der Waals surface area contributed by atoms with Crippen LogP contribution in [0.3, 0.4) is 0 Å². The third-order valence-electron chi connectivity index (χ3n) is 6.74. The fourth-order valence-electron chi connectivity index (χ4n) is 5.02. The first kappa shape index (κ1) is 21.1. The van der Waals surface area contributed by atoms with Crippen molar-refractivity contribution in [2.75, 3.05) is 19.6 Å². The zero-order valence-corrected chi connectivity index (χ0v) is 18.9. The van der Waals surface area contributed by atoms with Crippen LogP contribution in [-0.2, 0) is 16.0 Å². The Bertz CT molecular complexity index is 900. The van der Waals surface area contributed by atoms with Gasteiger partial charge in [0.1, 0.15) is 0 Å². The van der Waals surface area contributed by atoms with E-state index in [9.17, 15) is 9.59 Å². The largest absolute Gasteiger partial charge is 0.333 e. The van der Waals surface area contributed by atoms with Gasteiger partial charge in [-0.3, -0.25) is 9.59 Å². The fraction of sp³-hybridized carbons (Fsp3) is 0.520. The van der Waals surface area contributed by atoms with Gasteiger partial charge in [0.2, 0.25) is 11.8 Å². The highest BCUT2D eigenvalue weighted by atomic mass is 32.1. The number of rotatable bonds is 5. The molecule has 0 saturated heterocycles. The highest BCUT2D eigenvalue weighted by Crippen LogP contribution is 2.39. The van der Waals surface area contributed by atoms with Gasteiger partial charge in [0, 0.05) is 23.9 Å². The summed E-state index contributed by atoms with van der Waals surface area (Å²) < 4.78 is 0. The Morgan fingerprint density at radius 3 is 2.60 bits per heavy atom. The average molecular weight is 425 g/mol. The van der Waals surface area contributed by atoms with Crippen LogP contribution in [-0.4, -0.2) is 41.2 Å². The smallest absolute Gasteiger partial charge is 0.242 e. The number of amides is 2. The number of fused-ring (bicyclic) bond motifs is 1. The van der Waals surface area contributed by atoms with Gasteiger partial charge in [0.15, 0.2) is 0 Å². The third kappa shape index (κ3) is 4.18. The van der Waals surface area contributed by atoms with E-state index in [0.29, 0.717) is 13.1 Å². The minimum absolute atomic E-state index is 0.0582. The molecule has 1 atom stereocenters. The van der Waals surface area contributed by atoms with Crippen molar-refractivity contribution in [3.05, 3.63) is 57.3 Å². The van der Waals surface area contributed by atoms with Crippen molar-refractivity contribution in [3.63, 3.8) is 0 Å². The Labute approximate surface area is 183 Å². The maximum atomic E-state index is 13.5. The van der Waals surface area contributed by atoms with E-state index in [-0.39, 0.29) is 30.3 Å². The summed E-state index contributed by atoms with van der Waals surface area (Å²) >= 11 is 1.78. The van der Waals surface area contributed by atoms with Crippen molar-refractivity contribution in [2.45, 2.75) is 58.4 Å². The summed E-state index contributed by atoms with van der Waals surface area (Å²) in [5.41, 5.74) is 3.63. The van der Waals surface area contributed by atoms with Crippen LogP contribution in [0, 0.1) is 12.8 Å². The van der Waals surface area contributed by atoms with E-state index in [1.54, 1.807) is 16.2 Å². The quantitative estimate of drug-likeness (QED) is 0.681. The molecular formula is C25H32N2O2S. The molecule has 5 heteroatoms. The van der Waals surface area contributed by atoms with Gasteiger partial charge >= 0.3 is 0 Å². The Hall–Kier alpha value is -2.14. The number of benzene rings is 1. The normalized spacial score (nSPS) is 19.4. The highest BCUT2D eigenvalue weighted by molar-refractivity contribution is 7.10. The first-order valence-electron chi connectivity index (χ1n) is 11.3. The van der Waals surface area contributed by atoms with E-state index in [0.717, 1.165) is 32.1 Å². The lowest BCUT2D eigenvalue weighted by atomic mass is 9.88. The Balaban J connectivity index is 1.57. The predicted molar refractivity (Wildman–Crippen MR) is 122 cm³/mol. The van der Waals surface area contributed by atoms with Crippen LogP contribution in [0.15, 0.2) is 35.7 Å². The Kier molecular flexibility index (Phi) is 6.57. The molecule has 0 radical (unpaired) electrons. The topological polar surface area (TPSA) is 40.6 Å². The zero-order valence-electron chi connectivity index (χ0n) is 18.1. The lowest BCUT2D eigenvalue weighted by molar-refractivity contribution is -0.144. The van der Waals surface area contributed by atoms with Crippen molar-refractivity contribution in [2.24, 2.45) is 5.92 Å². The van der Waals surface area contributed by atoms with Gasteiger partial charge in [-0.05, 0) is 61.2 Å². The van der Waals surface area contributed by atoms with Gasteiger partial charge in [0.25, 0.3) is 0 Å². The van der Waals surface area contributed by atoms with Gasteiger partial charge < -0.3 is 9.80 Å². The van der Waals surface area contributed by atoms with Crippen LogP contribution < -0.4 is 0 Å². The molecule has 30 heavy (non-hydrogen) atoms. The number of likely N-dealkylation sites (N-methyl/N-ethyl adjacent to an activating group) is 1. The molecule has 1 saturated carbocycles. The molecule has 160 valence electrons. The SMILES string of the molecule is CCN(CC(=O)N1CCc2sccc2[C@@H]1c1ccccc1C)C(=O)C1CCCCC1. The summed E-state index contributed by atoms with van der Waals surface area (Å²) in [5, 5.41) is 2.13. The molecule has 1 aromatic carbocycles. The predicted octanol–water partition coefficient (Wildman–Crippen LogP) is 4.96. The van der Waals surface area contributed by atoms with E-state index in [1.165, 1.54) is 28.0 Å². The van der Waals surface area contributed by atoms with Gasteiger partial charge in [-0.15, -0.1) is 11.3 Å². The molecule has 1 aliphatic heterocycles. The molecule has 4 nitrogen and oxygen atoms in total. The molecule has 2 heterocycles. The second-order valence-electron chi connectivity index (χ2n) is 8.58. The summed E-state index contributed by atoms with van der Waals surface area (Å²) in [7, 11) is 0. The lowest BCUT2D eigenvalue weighted by Crippen LogP contribution is -2.48. The number of carbonyl (C=O) groups excluding carboxylic acids is 2. The van der Waals surface area contributed by atoms with Crippen molar-refractivity contribution in [1.82, 2.24) is 9.80 Å². The number of hydrogen-bond acceptors (Lipinski definition) is 3. The third-order valence-corrected chi connectivity index (χ3v) is 7.74. The van der Waals surface area contributed by atoms with Gasteiger partial charge in [0.05, 0.1) is 12.6 Å². The maximum absolute atomic E-state index is 13.5. The van der Waals surface area contributed by atoms with E-state index >= 15 is 0 Å². The summed E-state index contributed by atoms with van der Waals surface area (Å²) in [6.45, 7) is 5.59. The first-order chi connectivity index (χ1) is 14.6. The minimum atomic E-state index is -0.0582. The van der Waals surface area contributed by atoms with E-state index in [1.807, 2.05) is 17.9 Å². The Morgan fingerprint density at radius 1 is 1.10 bits per heavy atom. The van der Waals surface area contributed by atoms with Crippen LogP contribution in [0.4, 0.5) is 0 Å². The molecule has 1 aliphatic carbocycles. The van der Waals surface area contributed by atoms with Crippen molar-refractivity contribution >= 4 is 23.2 Å². The van der Waals surface area contributed by atoms with E-state index in [4.69, 9.17) is 0 Å². The summed E-state index contributed by atoms with van der Waals surface area (Å²) in [5.74, 6) is 0.334. The number of nitrogens with zero attached hydrogens (tertiary/aromatic N) is 2. The lowest BCUT2D eigenvalue weighted by Gasteiger charge is -2.38. The zero-order chi connectivity index (χ0) is 21.1. The van der Waals surface area contributed by atoms with Crippen molar-refractivity contribution in [3.8, 4) is 0 Å². The van der Waals surface area contributed by atoms with Crippen LogP contribution in [0.25, 0.3) is 0 Å². The van der Waals surface area contributed by atoms with Gasteiger partial charge in [-0.1, -0.05) is 43.5 Å². The first-order valence-corrected chi connectivity index (χ1v) is 12.2. The van der Waals surface area contributed by atoms with Crippen LogP contribution >= 0.6 is 11.3 Å². The molecule has 1 aromatic heterocycles. The molecular weight excluding hydrogens is 392 g/mol. The molecule has 2 amide bonds. The maximum Gasteiger partial charge on any atom is 0.242 e. The summed E-state index contributed by atoms with van der Waals surface area (Å²) in [6.07, 6.45) is 6.32. The summed E-state index contributed by atoms with van der Waals surface area (Å²) in [6, 6.07) is 10.5. The molecule has 4 rings (SSSR count). The molecule has 0 spiro atoms. The molecule has 2 aromatic rings. The summed E-state index contributed by atoms with van der Waals surface area (Å²) in [4.78, 5) is 31.8. The molecule has 0 bridgehead atoms. The van der Waals surface area contributed by atoms with Crippen molar-refractivity contribution in [1.29, 1.82) is 0 Å².